The van der Waals surface area contributed by atoms with E-state index in [1.807, 2.05) is 6.08 Å². The summed E-state index contributed by atoms with van der Waals surface area (Å²) in [6.45, 7) is 3.87. The molecular weight excluding hydrogens is 461 g/mol. The summed E-state index contributed by atoms with van der Waals surface area (Å²) in [5.41, 5.74) is -0.953. The van der Waals surface area contributed by atoms with Gasteiger partial charge in [-0.3, -0.25) is 4.79 Å². The van der Waals surface area contributed by atoms with E-state index in [0.29, 0.717) is 11.2 Å². The van der Waals surface area contributed by atoms with Crippen LogP contribution in [0.3, 0.4) is 0 Å². The Morgan fingerprint density at radius 3 is 2.47 bits per heavy atom. The summed E-state index contributed by atoms with van der Waals surface area (Å²) in [6, 6.07) is 1.84. The Morgan fingerprint density at radius 1 is 1.24 bits per heavy atom. The lowest BCUT2D eigenvalue weighted by molar-refractivity contribution is -0.141. The average molecular weight is 497 g/mol. The summed E-state index contributed by atoms with van der Waals surface area (Å²) < 4.78 is 44.5. The molecule has 1 heterocycles. The topological polar surface area (TPSA) is 51.2 Å². The number of nitrogens with zero attached hydrogens (tertiary/aromatic N) is 1. The van der Waals surface area contributed by atoms with Crippen LogP contribution in [0.4, 0.5) is 13.2 Å². The maximum atomic E-state index is 13.3. The molecule has 34 heavy (non-hydrogen) atoms. The predicted molar refractivity (Wildman–Crippen MR) is 129 cm³/mol. The van der Waals surface area contributed by atoms with Crippen molar-refractivity contribution >= 4 is 17.7 Å². The van der Waals surface area contributed by atoms with Crippen LogP contribution in [0, 0.1) is 17.3 Å². The zero-order valence-corrected chi connectivity index (χ0v) is 20.6. The third kappa shape index (κ3) is 6.36. The van der Waals surface area contributed by atoms with Gasteiger partial charge in [0.15, 0.2) is 0 Å². The fourth-order valence-electron chi connectivity index (χ4n) is 5.22. The zero-order chi connectivity index (χ0) is 24.3. The molecule has 0 saturated heterocycles. The molecule has 0 bridgehead atoms. The minimum atomic E-state index is -4.58. The summed E-state index contributed by atoms with van der Waals surface area (Å²) >= 11 is 2.12. The van der Waals surface area contributed by atoms with Crippen molar-refractivity contribution in [3.63, 3.8) is 0 Å². The van der Waals surface area contributed by atoms with Crippen LogP contribution in [0.5, 0.6) is 0 Å². The number of amides is 1. The van der Waals surface area contributed by atoms with Gasteiger partial charge in [0, 0.05) is 12.4 Å². The van der Waals surface area contributed by atoms with Crippen molar-refractivity contribution in [3.05, 3.63) is 41.7 Å². The average Bonchev–Trinajstić information content (AvgIpc) is 3.73. The van der Waals surface area contributed by atoms with E-state index in [1.165, 1.54) is 44.6 Å². The molecular formula is C26H35F3N2O2S. The number of alkyl halides is 3. The summed E-state index contributed by atoms with van der Waals surface area (Å²) in [4.78, 5) is 17.0. The highest BCUT2D eigenvalue weighted by Crippen LogP contribution is 2.52. The molecule has 3 fully saturated rings. The van der Waals surface area contributed by atoms with Crippen LogP contribution in [-0.4, -0.2) is 35.0 Å². The van der Waals surface area contributed by atoms with Crippen molar-refractivity contribution in [2.75, 3.05) is 12.9 Å². The van der Waals surface area contributed by atoms with Crippen molar-refractivity contribution in [1.82, 2.24) is 10.3 Å². The molecule has 3 aliphatic carbocycles. The fraction of sp³-hybridized carbons (Fsp3) is 0.692. The molecule has 0 radical (unpaired) electrons. The lowest BCUT2D eigenvalue weighted by Gasteiger charge is -2.45. The second kappa shape index (κ2) is 10.6. The Kier molecular flexibility index (Phi) is 7.97. The minimum Gasteiger partial charge on any atom is -0.378 e. The Hall–Kier alpha value is -1.54. The fourth-order valence-corrected chi connectivity index (χ4v) is 6.67. The number of thioether (sulfide) groups is 1. The number of hydrogen-bond acceptors (Lipinski definition) is 4. The lowest BCUT2D eigenvalue weighted by atomic mass is 9.65. The molecule has 0 aromatic carbocycles. The van der Waals surface area contributed by atoms with Gasteiger partial charge in [-0.05, 0) is 80.1 Å². The molecule has 3 saturated carbocycles. The van der Waals surface area contributed by atoms with Crippen LogP contribution in [-0.2, 0) is 17.5 Å². The van der Waals surface area contributed by atoms with Crippen LogP contribution >= 0.6 is 11.8 Å². The monoisotopic (exact) mass is 496 g/mol. The number of rotatable bonds is 11. The van der Waals surface area contributed by atoms with Gasteiger partial charge in [-0.2, -0.15) is 24.9 Å². The third-order valence-electron chi connectivity index (χ3n) is 7.56. The van der Waals surface area contributed by atoms with Gasteiger partial charge in [0.1, 0.15) is 5.69 Å². The number of halogens is 3. The van der Waals surface area contributed by atoms with Gasteiger partial charge in [-0.15, -0.1) is 6.58 Å². The minimum absolute atomic E-state index is 0.00550. The number of nitrogens with one attached hydrogen (secondary N) is 1. The number of carbonyl (C=O) groups is 1. The lowest BCUT2D eigenvalue weighted by Crippen LogP contribution is -2.49. The van der Waals surface area contributed by atoms with Gasteiger partial charge >= 0.3 is 6.18 Å². The predicted octanol–water partition coefficient (Wildman–Crippen LogP) is 6.40. The van der Waals surface area contributed by atoms with E-state index in [2.05, 4.69) is 28.6 Å². The third-order valence-corrected chi connectivity index (χ3v) is 9.16. The van der Waals surface area contributed by atoms with Gasteiger partial charge in [0.25, 0.3) is 5.91 Å². The van der Waals surface area contributed by atoms with Crippen molar-refractivity contribution in [2.45, 2.75) is 81.9 Å². The van der Waals surface area contributed by atoms with Crippen LogP contribution in [0.25, 0.3) is 0 Å². The number of pyridine rings is 1. The Balaban J connectivity index is 1.48. The molecule has 1 amide bonds. The number of methoxy groups -OCH3 is 1. The summed E-state index contributed by atoms with van der Waals surface area (Å²) in [6.07, 6.45) is 7.90. The normalized spacial score (nSPS) is 26.2. The first-order valence-electron chi connectivity index (χ1n) is 12.3. The molecule has 8 heteroatoms. The number of carbonyl (C=O) groups excluding carboxylic acids is 1. The SMILES string of the molecule is C=CC(NC(=O)c1ccc(C(F)(F)F)nc1COC)C1(CC2CC2)CCC(SCC2CC2)CC1. The quantitative estimate of drug-likeness (QED) is 0.360. The number of aromatic nitrogens is 1. The van der Waals surface area contributed by atoms with Crippen molar-refractivity contribution in [3.8, 4) is 0 Å². The Labute approximate surface area is 204 Å². The van der Waals surface area contributed by atoms with Gasteiger partial charge in [0.2, 0.25) is 0 Å². The van der Waals surface area contributed by atoms with Crippen LogP contribution in [0.15, 0.2) is 24.8 Å². The standard InChI is InChI=1S/C26H35F3N2O2S/c1-3-22(31-24(32)20-8-9-23(26(27,28)29)30-21(20)15-33-2)25(14-17-4-5-17)12-10-19(11-13-25)34-16-18-6-7-18/h3,8-9,17-19,22H,1,4-7,10-16H2,2H3,(H,31,32). The summed E-state index contributed by atoms with van der Waals surface area (Å²) in [5, 5.41) is 3.80. The van der Waals surface area contributed by atoms with Gasteiger partial charge < -0.3 is 10.1 Å². The molecule has 188 valence electrons. The molecule has 1 aromatic heterocycles. The first-order valence-corrected chi connectivity index (χ1v) is 13.4. The molecule has 1 unspecified atom stereocenters. The first-order chi connectivity index (χ1) is 16.2. The summed E-state index contributed by atoms with van der Waals surface area (Å²) in [5.74, 6) is 2.47. The van der Waals surface area contributed by atoms with Crippen LogP contribution in [0.1, 0.15) is 79.5 Å². The van der Waals surface area contributed by atoms with E-state index < -0.39 is 17.8 Å². The number of hydrogen-bond donors (Lipinski definition) is 1. The van der Waals surface area contributed by atoms with Crippen LogP contribution < -0.4 is 5.32 Å². The summed E-state index contributed by atoms with van der Waals surface area (Å²) in [7, 11) is 1.38. The maximum absolute atomic E-state index is 13.3. The van der Waals surface area contributed by atoms with Crippen LogP contribution in [0.2, 0.25) is 0 Å². The maximum Gasteiger partial charge on any atom is 0.433 e. The zero-order valence-electron chi connectivity index (χ0n) is 19.8. The highest BCUT2D eigenvalue weighted by Gasteiger charge is 2.45. The van der Waals surface area contributed by atoms with E-state index in [4.69, 9.17) is 4.74 Å². The van der Waals surface area contributed by atoms with E-state index in [0.717, 1.165) is 44.1 Å². The molecule has 1 aromatic rings. The van der Waals surface area contributed by atoms with Gasteiger partial charge in [-0.1, -0.05) is 18.9 Å². The number of ether oxygens (including phenoxy) is 1. The first kappa shape index (κ1) is 25.5. The molecule has 1 N–H and O–H groups in total. The van der Waals surface area contributed by atoms with Crippen molar-refractivity contribution < 1.29 is 22.7 Å². The van der Waals surface area contributed by atoms with E-state index in [-0.39, 0.29) is 29.3 Å². The molecule has 0 spiro atoms. The van der Waals surface area contributed by atoms with Crippen molar-refractivity contribution in [1.29, 1.82) is 0 Å². The molecule has 0 aliphatic heterocycles. The Morgan fingerprint density at radius 2 is 1.91 bits per heavy atom. The second-order valence-electron chi connectivity index (χ2n) is 10.3. The molecule has 4 rings (SSSR count). The largest absolute Gasteiger partial charge is 0.433 e. The highest BCUT2D eigenvalue weighted by atomic mass is 32.2. The molecule has 3 aliphatic rings. The van der Waals surface area contributed by atoms with Gasteiger partial charge in [-0.25, -0.2) is 4.98 Å². The Bertz CT molecular complexity index is 875. The van der Waals surface area contributed by atoms with Gasteiger partial charge in [0.05, 0.1) is 23.9 Å². The van der Waals surface area contributed by atoms with E-state index in [9.17, 15) is 18.0 Å². The smallest absolute Gasteiger partial charge is 0.378 e. The highest BCUT2D eigenvalue weighted by molar-refractivity contribution is 7.99. The van der Waals surface area contributed by atoms with Crippen molar-refractivity contribution in [2.24, 2.45) is 17.3 Å². The molecule has 1 atom stereocenters. The molecule has 4 nitrogen and oxygen atoms in total. The second-order valence-corrected chi connectivity index (χ2v) is 11.6. The van der Waals surface area contributed by atoms with E-state index >= 15 is 0 Å². The van der Waals surface area contributed by atoms with E-state index in [1.54, 1.807) is 0 Å².